The van der Waals surface area contributed by atoms with E-state index < -0.39 is 17.5 Å². The number of hydrogen-bond donors (Lipinski definition) is 1. The summed E-state index contributed by atoms with van der Waals surface area (Å²) in [5.74, 6) is -1.63. The average molecular weight is 412 g/mol. The molecule has 0 spiro atoms. The summed E-state index contributed by atoms with van der Waals surface area (Å²) in [5.41, 5.74) is 6.01. The highest BCUT2D eigenvalue weighted by atomic mass is 32.2. The number of thioether (sulfide) groups is 1. The minimum atomic E-state index is -0.972. The van der Waals surface area contributed by atoms with Crippen molar-refractivity contribution in [2.75, 3.05) is 0 Å². The van der Waals surface area contributed by atoms with Crippen LogP contribution in [0, 0.1) is 25.5 Å². The van der Waals surface area contributed by atoms with Crippen LogP contribution < -0.4 is 5.43 Å². The molecule has 0 aliphatic carbocycles. The maximum atomic E-state index is 13.1. The Kier molecular flexibility index (Phi) is 6.66. The van der Waals surface area contributed by atoms with Crippen molar-refractivity contribution in [3.05, 3.63) is 88.2 Å². The average Bonchev–Trinajstić information content (AvgIpc) is 2.69. The Bertz CT molecular complexity index is 1030. The van der Waals surface area contributed by atoms with Crippen molar-refractivity contribution in [2.24, 2.45) is 5.10 Å². The maximum Gasteiger partial charge on any atom is 0.271 e. The van der Waals surface area contributed by atoms with Crippen LogP contribution in [-0.4, -0.2) is 22.1 Å². The summed E-state index contributed by atoms with van der Waals surface area (Å²) in [7, 11) is 0. The quantitative estimate of drug-likeness (QED) is 0.282. The number of nitrogens with one attached hydrogen (secondary N) is 1. The molecular weight excluding hydrogens is 394 g/mol. The van der Waals surface area contributed by atoms with Crippen molar-refractivity contribution in [1.82, 2.24) is 15.4 Å². The Morgan fingerprint density at radius 2 is 1.72 bits per heavy atom. The van der Waals surface area contributed by atoms with Crippen molar-refractivity contribution in [2.45, 2.75) is 24.8 Å². The van der Waals surface area contributed by atoms with Crippen molar-refractivity contribution < 1.29 is 13.6 Å². The van der Waals surface area contributed by atoms with Gasteiger partial charge < -0.3 is 0 Å². The third kappa shape index (κ3) is 5.92. The summed E-state index contributed by atoms with van der Waals surface area (Å²) in [4.78, 5) is 20.9. The van der Waals surface area contributed by atoms with Crippen LogP contribution in [0.15, 0.2) is 58.8 Å². The third-order valence-corrected chi connectivity index (χ3v) is 4.79. The van der Waals surface area contributed by atoms with Crippen LogP contribution in [0.5, 0.6) is 0 Å². The van der Waals surface area contributed by atoms with E-state index >= 15 is 0 Å². The molecule has 0 aliphatic rings. The molecule has 0 bridgehead atoms. The summed E-state index contributed by atoms with van der Waals surface area (Å²) < 4.78 is 26.0. The van der Waals surface area contributed by atoms with Gasteiger partial charge in [-0.05, 0) is 55.3 Å². The van der Waals surface area contributed by atoms with Crippen LogP contribution in [0.25, 0.3) is 0 Å². The molecule has 3 aromatic rings. The number of carbonyl (C=O) groups excluding carboxylic acids is 1. The van der Waals surface area contributed by atoms with Crippen LogP contribution in [-0.2, 0) is 5.75 Å². The molecule has 148 valence electrons. The van der Waals surface area contributed by atoms with E-state index in [9.17, 15) is 13.6 Å². The number of hydrogen-bond acceptors (Lipinski definition) is 5. The topological polar surface area (TPSA) is 67.2 Å². The first-order chi connectivity index (χ1) is 13.9. The predicted octanol–water partition coefficient (Wildman–Crippen LogP) is 4.43. The lowest BCUT2D eigenvalue weighted by Crippen LogP contribution is -2.17. The second-order valence-electron chi connectivity index (χ2n) is 6.29. The number of aromatic nitrogens is 2. The Labute approximate surface area is 171 Å². The molecule has 0 unspecified atom stereocenters. The van der Waals surface area contributed by atoms with Crippen LogP contribution in [0.4, 0.5) is 8.78 Å². The Morgan fingerprint density at radius 1 is 1.03 bits per heavy atom. The van der Waals surface area contributed by atoms with E-state index in [0.29, 0.717) is 16.9 Å². The van der Waals surface area contributed by atoms with E-state index in [2.05, 4.69) is 20.5 Å². The Balaban J connectivity index is 1.55. The lowest BCUT2D eigenvalue weighted by molar-refractivity contribution is 0.0955. The van der Waals surface area contributed by atoms with Crippen molar-refractivity contribution in [3.63, 3.8) is 0 Å². The summed E-state index contributed by atoms with van der Waals surface area (Å²) in [6.07, 6.45) is 1.25. The van der Waals surface area contributed by atoms with Gasteiger partial charge in [-0.25, -0.2) is 24.2 Å². The molecule has 0 aliphatic heterocycles. The zero-order valence-electron chi connectivity index (χ0n) is 15.8. The molecule has 1 heterocycles. The monoisotopic (exact) mass is 412 g/mol. The molecule has 3 rings (SSSR count). The minimum Gasteiger partial charge on any atom is -0.267 e. The van der Waals surface area contributed by atoms with Gasteiger partial charge in [-0.15, -0.1) is 0 Å². The van der Waals surface area contributed by atoms with E-state index in [1.54, 1.807) is 12.1 Å². The van der Waals surface area contributed by atoms with Gasteiger partial charge in [0.2, 0.25) is 0 Å². The lowest BCUT2D eigenvalue weighted by atomic mass is 10.1. The number of halogens is 2. The molecule has 0 saturated carbocycles. The fraction of sp³-hybridized carbons (Fsp3) is 0.143. The minimum absolute atomic E-state index is 0.338. The normalized spacial score (nSPS) is 11.0. The number of aryl methyl sites for hydroxylation is 2. The van der Waals surface area contributed by atoms with Gasteiger partial charge in [0.1, 0.15) is 0 Å². The second-order valence-corrected chi connectivity index (χ2v) is 7.23. The first-order valence-corrected chi connectivity index (χ1v) is 9.72. The van der Waals surface area contributed by atoms with Gasteiger partial charge in [0.25, 0.3) is 5.91 Å². The van der Waals surface area contributed by atoms with Crippen LogP contribution in [0.1, 0.15) is 32.9 Å². The van der Waals surface area contributed by atoms with Gasteiger partial charge in [0.15, 0.2) is 16.8 Å². The molecule has 1 aromatic heterocycles. The molecule has 0 atom stereocenters. The van der Waals surface area contributed by atoms with Crippen molar-refractivity contribution in [3.8, 4) is 0 Å². The molecule has 2 aromatic carbocycles. The lowest BCUT2D eigenvalue weighted by Gasteiger charge is -2.05. The van der Waals surface area contributed by atoms with Crippen LogP contribution in [0.2, 0.25) is 0 Å². The smallest absolute Gasteiger partial charge is 0.267 e. The number of benzene rings is 2. The molecule has 29 heavy (non-hydrogen) atoms. The van der Waals surface area contributed by atoms with Gasteiger partial charge in [-0.2, -0.15) is 5.10 Å². The molecule has 5 nitrogen and oxygen atoms in total. The highest BCUT2D eigenvalue weighted by molar-refractivity contribution is 7.98. The molecule has 8 heteroatoms. The van der Waals surface area contributed by atoms with E-state index in [1.807, 2.05) is 32.0 Å². The van der Waals surface area contributed by atoms with E-state index in [0.717, 1.165) is 34.2 Å². The largest absolute Gasteiger partial charge is 0.271 e. The molecule has 0 fully saturated rings. The second kappa shape index (κ2) is 9.38. The SMILES string of the molecule is Cc1cc(C)nc(SCc2ccc(C(=O)N/N=C/c3ccc(F)c(F)c3)cc2)n1. The zero-order chi connectivity index (χ0) is 20.8. The van der Waals surface area contributed by atoms with E-state index in [4.69, 9.17) is 0 Å². The number of carbonyl (C=O) groups is 1. The molecule has 1 amide bonds. The highest BCUT2D eigenvalue weighted by Crippen LogP contribution is 2.20. The third-order valence-electron chi connectivity index (χ3n) is 3.87. The number of rotatable bonds is 6. The van der Waals surface area contributed by atoms with E-state index in [-0.39, 0.29) is 0 Å². The molecular formula is C21H18F2N4OS. The summed E-state index contributed by atoms with van der Waals surface area (Å²) in [6.45, 7) is 3.86. The van der Waals surface area contributed by atoms with Gasteiger partial charge in [0.05, 0.1) is 6.21 Å². The Hall–Kier alpha value is -3.13. The Morgan fingerprint density at radius 3 is 2.38 bits per heavy atom. The van der Waals surface area contributed by atoms with Gasteiger partial charge in [-0.3, -0.25) is 4.79 Å². The van der Waals surface area contributed by atoms with Gasteiger partial charge in [-0.1, -0.05) is 30.0 Å². The first kappa shape index (κ1) is 20.6. The van der Waals surface area contributed by atoms with E-state index in [1.165, 1.54) is 24.0 Å². The first-order valence-electron chi connectivity index (χ1n) is 8.73. The summed E-state index contributed by atoms with van der Waals surface area (Å²) >= 11 is 1.53. The van der Waals surface area contributed by atoms with Gasteiger partial charge >= 0.3 is 0 Å². The maximum absolute atomic E-state index is 13.1. The predicted molar refractivity (Wildman–Crippen MR) is 109 cm³/mol. The summed E-state index contributed by atoms with van der Waals surface area (Å²) in [6, 6.07) is 12.4. The van der Waals surface area contributed by atoms with Crippen molar-refractivity contribution >= 4 is 23.9 Å². The van der Waals surface area contributed by atoms with Crippen molar-refractivity contribution in [1.29, 1.82) is 0 Å². The number of hydrazone groups is 1. The number of amides is 1. The van der Waals surface area contributed by atoms with Crippen LogP contribution >= 0.6 is 11.8 Å². The fourth-order valence-corrected chi connectivity index (χ4v) is 3.39. The number of nitrogens with zero attached hydrogens (tertiary/aromatic N) is 3. The van der Waals surface area contributed by atoms with Crippen LogP contribution in [0.3, 0.4) is 0 Å². The molecule has 1 N–H and O–H groups in total. The standard InChI is InChI=1S/C21H18F2N4OS/c1-13-9-14(2)26-21(25-13)29-12-15-3-6-17(7-4-15)20(28)27-24-11-16-5-8-18(22)19(23)10-16/h3-11H,12H2,1-2H3,(H,27,28)/b24-11+. The zero-order valence-corrected chi connectivity index (χ0v) is 16.6. The molecule has 0 saturated heterocycles. The highest BCUT2D eigenvalue weighted by Gasteiger charge is 2.06. The summed E-state index contributed by atoms with van der Waals surface area (Å²) in [5, 5.41) is 4.49. The molecule has 0 radical (unpaired) electrons. The fourth-order valence-electron chi connectivity index (χ4n) is 2.48. The van der Waals surface area contributed by atoms with Gasteiger partial charge in [0, 0.05) is 22.7 Å².